The molecule has 0 aliphatic heterocycles. The summed E-state index contributed by atoms with van der Waals surface area (Å²) >= 11 is 6.01. The molecule has 1 saturated carbocycles. The van der Waals surface area contributed by atoms with Crippen molar-refractivity contribution in [1.29, 1.82) is 0 Å². The Morgan fingerprint density at radius 1 is 1.38 bits per heavy atom. The molecule has 1 aromatic carbocycles. The van der Waals surface area contributed by atoms with Gasteiger partial charge in [-0.05, 0) is 48.6 Å². The maximum atomic E-state index is 14.0. The van der Waals surface area contributed by atoms with E-state index >= 15 is 0 Å². The van der Waals surface area contributed by atoms with Crippen molar-refractivity contribution >= 4 is 11.6 Å². The van der Waals surface area contributed by atoms with Crippen LogP contribution in [0.3, 0.4) is 0 Å². The first kappa shape index (κ1) is 16.7. The molecule has 118 valence electrons. The standard InChI is InChI=1S/C17H25ClFNO/c1-21-9-8-20-12-15(13-4-2-3-5-13)10-14-11-16(18)6-7-17(14)19/h6-7,11,13,15,20H,2-5,8-10,12H2,1H3. The third-order valence-electron chi connectivity index (χ3n) is 4.45. The predicted molar refractivity (Wildman–Crippen MR) is 85.3 cm³/mol. The summed E-state index contributed by atoms with van der Waals surface area (Å²) in [7, 11) is 1.71. The highest BCUT2D eigenvalue weighted by molar-refractivity contribution is 6.30. The van der Waals surface area contributed by atoms with Gasteiger partial charge in [0.2, 0.25) is 0 Å². The molecule has 0 bridgehead atoms. The van der Waals surface area contributed by atoms with Crippen LogP contribution in [0.25, 0.3) is 0 Å². The van der Waals surface area contributed by atoms with E-state index in [-0.39, 0.29) is 5.82 Å². The minimum absolute atomic E-state index is 0.140. The number of nitrogens with one attached hydrogen (secondary N) is 1. The van der Waals surface area contributed by atoms with Gasteiger partial charge in [0, 0.05) is 18.7 Å². The van der Waals surface area contributed by atoms with Crippen molar-refractivity contribution in [3.05, 3.63) is 34.6 Å². The normalized spacial score (nSPS) is 17.3. The van der Waals surface area contributed by atoms with Crippen LogP contribution in [-0.2, 0) is 11.2 Å². The van der Waals surface area contributed by atoms with Crippen LogP contribution in [0.15, 0.2) is 18.2 Å². The Labute approximate surface area is 132 Å². The van der Waals surface area contributed by atoms with Crippen LogP contribution < -0.4 is 5.32 Å². The van der Waals surface area contributed by atoms with Gasteiger partial charge in [0.1, 0.15) is 5.82 Å². The number of halogens is 2. The summed E-state index contributed by atoms with van der Waals surface area (Å²) in [6.07, 6.45) is 5.89. The zero-order valence-corrected chi connectivity index (χ0v) is 13.5. The van der Waals surface area contributed by atoms with Crippen LogP contribution in [0.1, 0.15) is 31.2 Å². The third kappa shape index (κ3) is 5.24. The Bertz CT molecular complexity index is 435. The second-order valence-electron chi connectivity index (χ2n) is 5.94. The van der Waals surface area contributed by atoms with Gasteiger partial charge in [0.15, 0.2) is 0 Å². The van der Waals surface area contributed by atoms with Gasteiger partial charge in [-0.25, -0.2) is 4.39 Å². The molecule has 4 heteroatoms. The van der Waals surface area contributed by atoms with Gasteiger partial charge in [-0.3, -0.25) is 0 Å². The maximum absolute atomic E-state index is 14.0. The van der Waals surface area contributed by atoms with Crippen molar-refractivity contribution in [2.24, 2.45) is 11.8 Å². The molecule has 1 atom stereocenters. The summed E-state index contributed by atoms with van der Waals surface area (Å²) < 4.78 is 19.0. The fourth-order valence-corrected chi connectivity index (χ4v) is 3.47. The smallest absolute Gasteiger partial charge is 0.126 e. The second-order valence-corrected chi connectivity index (χ2v) is 6.38. The third-order valence-corrected chi connectivity index (χ3v) is 4.68. The molecule has 0 spiro atoms. The summed E-state index contributed by atoms with van der Waals surface area (Å²) in [4.78, 5) is 0. The van der Waals surface area contributed by atoms with E-state index < -0.39 is 0 Å². The minimum Gasteiger partial charge on any atom is -0.383 e. The number of hydrogen-bond donors (Lipinski definition) is 1. The van der Waals surface area contributed by atoms with Crippen molar-refractivity contribution in [2.75, 3.05) is 26.8 Å². The van der Waals surface area contributed by atoms with Crippen LogP contribution in [-0.4, -0.2) is 26.8 Å². The molecule has 1 aliphatic rings. The first-order chi connectivity index (χ1) is 10.2. The van der Waals surface area contributed by atoms with Crippen molar-refractivity contribution < 1.29 is 9.13 Å². The monoisotopic (exact) mass is 313 g/mol. The summed E-state index contributed by atoms with van der Waals surface area (Å²) in [6, 6.07) is 4.86. The van der Waals surface area contributed by atoms with E-state index in [0.29, 0.717) is 23.5 Å². The lowest BCUT2D eigenvalue weighted by molar-refractivity contribution is 0.195. The lowest BCUT2D eigenvalue weighted by atomic mass is 9.85. The first-order valence-corrected chi connectivity index (χ1v) is 8.22. The highest BCUT2D eigenvalue weighted by Crippen LogP contribution is 2.33. The zero-order valence-electron chi connectivity index (χ0n) is 12.7. The van der Waals surface area contributed by atoms with Crippen LogP contribution in [0.5, 0.6) is 0 Å². The second kappa shape index (κ2) is 8.72. The van der Waals surface area contributed by atoms with Crippen molar-refractivity contribution in [3.8, 4) is 0 Å². The van der Waals surface area contributed by atoms with Crippen molar-refractivity contribution in [1.82, 2.24) is 5.32 Å². The number of hydrogen-bond acceptors (Lipinski definition) is 2. The number of methoxy groups -OCH3 is 1. The summed E-state index contributed by atoms with van der Waals surface area (Å²) in [6.45, 7) is 2.47. The van der Waals surface area contributed by atoms with Crippen molar-refractivity contribution in [3.63, 3.8) is 0 Å². The van der Waals surface area contributed by atoms with E-state index in [1.165, 1.54) is 31.7 Å². The van der Waals surface area contributed by atoms with Gasteiger partial charge < -0.3 is 10.1 Å². The molecule has 0 amide bonds. The Morgan fingerprint density at radius 2 is 2.14 bits per heavy atom. The fraction of sp³-hybridized carbons (Fsp3) is 0.647. The van der Waals surface area contributed by atoms with Gasteiger partial charge in [-0.1, -0.05) is 37.3 Å². The Morgan fingerprint density at radius 3 is 2.86 bits per heavy atom. The number of ether oxygens (including phenoxy) is 1. The Balaban J connectivity index is 1.98. The molecule has 0 saturated heterocycles. The molecule has 0 aromatic heterocycles. The van der Waals surface area contributed by atoms with Gasteiger partial charge in [-0.2, -0.15) is 0 Å². The van der Waals surface area contributed by atoms with E-state index in [1.54, 1.807) is 19.2 Å². The number of rotatable bonds is 8. The zero-order chi connectivity index (χ0) is 15.1. The fourth-order valence-electron chi connectivity index (χ4n) is 3.28. The van der Waals surface area contributed by atoms with Crippen molar-refractivity contribution in [2.45, 2.75) is 32.1 Å². The molecule has 0 heterocycles. The molecule has 1 N–H and O–H groups in total. The summed E-state index contributed by atoms with van der Waals surface area (Å²) in [5, 5.41) is 4.05. The quantitative estimate of drug-likeness (QED) is 0.731. The SMILES string of the molecule is COCCNCC(Cc1cc(Cl)ccc1F)C1CCCC1. The van der Waals surface area contributed by atoms with E-state index in [0.717, 1.165) is 25.1 Å². The molecular weight excluding hydrogens is 289 g/mol. The minimum atomic E-state index is -0.140. The van der Waals surface area contributed by atoms with E-state index in [4.69, 9.17) is 16.3 Å². The lowest BCUT2D eigenvalue weighted by Gasteiger charge is -2.24. The Hall–Kier alpha value is -0.640. The van der Waals surface area contributed by atoms with E-state index in [2.05, 4.69) is 5.32 Å². The average Bonchev–Trinajstić information content (AvgIpc) is 3.00. The van der Waals surface area contributed by atoms with Crippen LogP contribution in [0.4, 0.5) is 4.39 Å². The van der Waals surface area contributed by atoms with Crippen LogP contribution in [0.2, 0.25) is 5.02 Å². The van der Waals surface area contributed by atoms with E-state index in [1.807, 2.05) is 0 Å². The molecule has 1 unspecified atom stereocenters. The first-order valence-electron chi connectivity index (χ1n) is 7.84. The molecule has 0 radical (unpaired) electrons. The van der Waals surface area contributed by atoms with Gasteiger partial charge in [0.25, 0.3) is 0 Å². The molecule has 2 nitrogen and oxygen atoms in total. The van der Waals surface area contributed by atoms with Gasteiger partial charge in [0.05, 0.1) is 6.61 Å². The summed E-state index contributed by atoms with van der Waals surface area (Å²) in [5.74, 6) is 1.02. The lowest BCUT2D eigenvalue weighted by Crippen LogP contribution is -2.31. The molecular formula is C17H25ClFNO. The molecule has 1 aromatic rings. The Kier molecular flexibility index (Phi) is 6.94. The average molecular weight is 314 g/mol. The number of benzene rings is 1. The topological polar surface area (TPSA) is 21.3 Å². The van der Waals surface area contributed by atoms with Crippen LogP contribution >= 0.6 is 11.6 Å². The summed E-state index contributed by atoms with van der Waals surface area (Å²) in [5.41, 5.74) is 0.743. The predicted octanol–water partition coefficient (Wildman–Crippen LogP) is 4.06. The van der Waals surface area contributed by atoms with Gasteiger partial charge in [-0.15, -0.1) is 0 Å². The maximum Gasteiger partial charge on any atom is 0.126 e. The van der Waals surface area contributed by atoms with Crippen LogP contribution in [0, 0.1) is 17.7 Å². The molecule has 1 fully saturated rings. The molecule has 1 aliphatic carbocycles. The largest absolute Gasteiger partial charge is 0.383 e. The van der Waals surface area contributed by atoms with E-state index in [9.17, 15) is 4.39 Å². The molecule has 2 rings (SSSR count). The van der Waals surface area contributed by atoms with Gasteiger partial charge >= 0.3 is 0 Å². The highest BCUT2D eigenvalue weighted by atomic mass is 35.5. The molecule has 21 heavy (non-hydrogen) atoms. The highest BCUT2D eigenvalue weighted by Gasteiger charge is 2.25.